The monoisotopic (exact) mass is 666 g/mol. The average molecular weight is 667 g/mol. The third kappa shape index (κ3) is 7.94. The summed E-state index contributed by atoms with van der Waals surface area (Å²) in [5, 5.41) is 13.5. The van der Waals surface area contributed by atoms with Gasteiger partial charge in [0, 0.05) is 30.2 Å². The molecule has 1 aliphatic rings. The summed E-state index contributed by atoms with van der Waals surface area (Å²) in [6.45, 7) is 13.7. The quantitative estimate of drug-likeness (QED) is 0.216. The Morgan fingerprint density at radius 1 is 1.11 bits per heavy atom. The Morgan fingerprint density at radius 2 is 1.83 bits per heavy atom. The first-order valence-corrected chi connectivity index (χ1v) is 16.4. The van der Waals surface area contributed by atoms with Crippen LogP contribution >= 0.6 is 11.6 Å². The first-order chi connectivity index (χ1) is 22.3. The van der Waals surface area contributed by atoms with Crippen LogP contribution in [0.5, 0.6) is 5.75 Å². The molecule has 1 saturated heterocycles. The minimum absolute atomic E-state index is 0.224. The molecule has 12 nitrogen and oxygen atoms in total. The highest BCUT2D eigenvalue weighted by atomic mass is 35.5. The number of amides is 3. The Kier molecular flexibility index (Phi) is 11.6. The molecule has 2 heterocycles. The van der Waals surface area contributed by atoms with Crippen molar-refractivity contribution in [3.8, 4) is 5.75 Å². The van der Waals surface area contributed by atoms with Crippen molar-refractivity contribution in [1.29, 1.82) is 0 Å². The molecule has 0 aliphatic carbocycles. The van der Waals surface area contributed by atoms with Gasteiger partial charge in [0.05, 0.1) is 41.1 Å². The molecule has 0 bridgehead atoms. The fourth-order valence-electron chi connectivity index (χ4n) is 5.63. The van der Waals surface area contributed by atoms with Crippen LogP contribution in [0.1, 0.15) is 54.4 Å². The van der Waals surface area contributed by atoms with E-state index in [1.54, 1.807) is 26.1 Å². The number of likely N-dealkylation sites (N-methyl/N-ethyl adjacent to an activating group) is 1. The number of benzene rings is 2. The molecule has 4 N–H and O–H groups in total. The minimum Gasteiger partial charge on any atom is -0.494 e. The van der Waals surface area contributed by atoms with Gasteiger partial charge in [0.2, 0.25) is 5.91 Å². The van der Waals surface area contributed by atoms with Crippen molar-refractivity contribution in [3.63, 3.8) is 0 Å². The summed E-state index contributed by atoms with van der Waals surface area (Å²) < 4.78 is 5.76. The zero-order valence-corrected chi connectivity index (χ0v) is 29.3. The summed E-state index contributed by atoms with van der Waals surface area (Å²) in [4.78, 5) is 54.2. The van der Waals surface area contributed by atoms with Gasteiger partial charge in [0.25, 0.3) is 11.8 Å². The topological polar surface area (TPSA) is 141 Å². The van der Waals surface area contributed by atoms with E-state index in [0.29, 0.717) is 40.4 Å². The first kappa shape index (κ1) is 35.8. The highest BCUT2D eigenvalue weighted by Gasteiger charge is 2.42. The standard InChI is InChI=1S/C34H47ClN8O4/c1-9-42(10-2)26-14-13-21(16-23(26)35)40-30-22-17-27(28(47-8)18-25(22)38-19-39-30)43(32(45)24-12-11-15-37-24)33(46)29(34(4,5)6)41-31(44)20(3)36-7/h13-14,16-20,24,29,36-37H,9-12,15H2,1-8H3,(H,41,44)(H,38,39,40)/t20-,24-,29+/m0/s1. The van der Waals surface area contributed by atoms with E-state index in [9.17, 15) is 14.4 Å². The molecule has 2 aromatic carbocycles. The molecule has 13 heteroatoms. The number of nitrogens with zero attached hydrogens (tertiary/aromatic N) is 4. The Morgan fingerprint density at radius 3 is 2.40 bits per heavy atom. The molecule has 0 radical (unpaired) electrons. The molecular weight excluding hydrogens is 620 g/mol. The van der Waals surface area contributed by atoms with Gasteiger partial charge in [-0.3, -0.25) is 14.4 Å². The van der Waals surface area contributed by atoms with Crippen molar-refractivity contribution in [2.75, 3.05) is 48.9 Å². The second-order valence-corrected chi connectivity index (χ2v) is 13.1. The van der Waals surface area contributed by atoms with Gasteiger partial charge in [-0.1, -0.05) is 32.4 Å². The Labute approximate surface area is 282 Å². The smallest absolute Gasteiger partial charge is 0.257 e. The van der Waals surface area contributed by atoms with Gasteiger partial charge in [-0.25, -0.2) is 14.9 Å². The molecule has 3 amide bonds. The Balaban J connectivity index is 1.84. The fourth-order valence-corrected chi connectivity index (χ4v) is 5.93. The molecule has 1 fully saturated rings. The summed E-state index contributed by atoms with van der Waals surface area (Å²) in [6.07, 6.45) is 2.80. The van der Waals surface area contributed by atoms with E-state index in [1.807, 2.05) is 39.0 Å². The minimum atomic E-state index is -1.03. The third-order valence-corrected chi connectivity index (χ3v) is 8.82. The van der Waals surface area contributed by atoms with E-state index in [0.717, 1.165) is 30.1 Å². The summed E-state index contributed by atoms with van der Waals surface area (Å²) in [7, 11) is 3.14. The first-order valence-electron chi connectivity index (χ1n) is 16.1. The molecule has 4 rings (SSSR count). The number of imide groups is 1. The summed E-state index contributed by atoms with van der Waals surface area (Å²) in [5.74, 6) is -0.636. The molecule has 0 unspecified atom stereocenters. The van der Waals surface area contributed by atoms with Crippen molar-refractivity contribution < 1.29 is 19.1 Å². The van der Waals surface area contributed by atoms with Crippen LogP contribution in [-0.2, 0) is 14.4 Å². The number of aromatic nitrogens is 2. The number of rotatable bonds is 12. The van der Waals surface area contributed by atoms with Gasteiger partial charge in [0.15, 0.2) is 0 Å². The fraction of sp³-hybridized carbons (Fsp3) is 0.500. The number of carbonyl (C=O) groups excluding carboxylic acids is 3. The van der Waals surface area contributed by atoms with Crippen molar-refractivity contribution in [2.24, 2.45) is 5.41 Å². The van der Waals surface area contributed by atoms with E-state index < -0.39 is 35.4 Å². The van der Waals surface area contributed by atoms with Gasteiger partial charge < -0.3 is 30.9 Å². The normalized spacial score (nSPS) is 16.0. The maximum atomic E-state index is 14.6. The highest BCUT2D eigenvalue weighted by Crippen LogP contribution is 2.38. The largest absolute Gasteiger partial charge is 0.494 e. The molecule has 47 heavy (non-hydrogen) atoms. The zero-order valence-electron chi connectivity index (χ0n) is 28.5. The zero-order chi connectivity index (χ0) is 34.5. The van der Waals surface area contributed by atoms with Gasteiger partial charge in [-0.2, -0.15) is 0 Å². The Hall–Kier alpha value is -4.00. The molecule has 3 aromatic rings. The Bertz CT molecular complexity index is 1600. The number of hydrogen-bond acceptors (Lipinski definition) is 10. The lowest BCUT2D eigenvalue weighted by molar-refractivity contribution is -0.134. The lowest BCUT2D eigenvalue weighted by atomic mass is 9.85. The van der Waals surface area contributed by atoms with E-state index in [-0.39, 0.29) is 17.3 Å². The predicted octanol–water partition coefficient (Wildman–Crippen LogP) is 4.63. The van der Waals surface area contributed by atoms with Gasteiger partial charge >= 0.3 is 0 Å². The maximum Gasteiger partial charge on any atom is 0.257 e. The van der Waals surface area contributed by atoms with Crippen LogP contribution in [0.15, 0.2) is 36.7 Å². The number of nitrogens with one attached hydrogen (secondary N) is 4. The van der Waals surface area contributed by atoms with Crippen molar-refractivity contribution in [1.82, 2.24) is 25.9 Å². The van der Waals surface area contributed by atoms with E-state index in [1.165, 1.54) is 13.4 Å². The van der Waals surface area contributed by atoms with Gasteiger partial charge in [-0.05, 0) is 76.9 Å². The number of halogens is 1. The predicted molar refractivity (Wildman–Crippen MR) is 188 cm³/mol. The molecule has 1 aliphatic heterocycles. The lowest BCUT2D eigenvalue weighted by Crippen LogP contribution is -2.60. The lowest BCUT2D eigenvalue weighted by Gasteiger charge is -2.36. The van der Waals surface area contributed by atoms with Gasteiger partial charge in [-0.15, -0.1) is 0 Å². The second kappa shape index (κ2) is 15.3. The number of methoxy groups -OCH3 is 1. The SMILES string of the molecule is CCN(CC)c1ccc(Nc2ncnc3cc(OC)c(N(C(=O)[C@@H]4CCCN4)C(=O)[C@@H](NC(=O)[C@H](C)NC)C(C)(C)C)cc23)cc1Cl. The van der Waals surface area contributed by atoms with E-state index in [4.69, 9.17) is 16.3 Å². The molecule has 1 aromatic heterocycles. The van der Waals surface area contributed by atoms with Gasteiger partial charge in [0.1, 0.15) is 23.9 Å². The number of carbonyl (C=O) groups is 3. The number of anilines is 4. The second-order valence-electron chi connectivity index (χ2n) is 12.7. The highest BCUT2D eigenvalue weighted by molar-refractivity contribution is 6.33. The van der Waals surface area contributed by atoms with E-state index in [2.05, 4.69) is 50.0 Å². The molecule has 254 valence electrons. The van der Waals surface area contributed by atoms with E-state index >= 15 is 0 Å². The van der Waals surface area contributed by atoms with Crippen molar-refractivity contribution >= 4 is 63.1 Å². The van der Waals surface area contributed by atoms with Crippen LogP contribution in [-0.4, -0.2) is 79.6 Å². The summed E-state index contributed by atoms with van der Waals surface area (Å²) >= 11 is 6.68. The molecule has 3 atom stereocenters. The number of ether oxygens (including phenoxy) is 1. The van der Waals surface area contributed by atoms with Crippen molar-refractivity contribution in [2.45, 2.75) is 72.5 Å². The van der Waals surface area contributed by atoms with Crippen molar-refractivity contribution in [3.05, 3.63) is 41.7 Å². The van der Waals surface area contributed by atoms with Crippen LogP contribution < -0.4 is 35.8 Å². The van der Waals surface area contributed by atoms with Crippen LogP contribution in [0.3, 0.4) is 0 Å². The number of fused-ring (bicyclic) bond motifs is 1. The van der Waals surface area contributed by atoms with Crippen LogP contribution in [0.4, 0.5) is 22.9 Å². The molecule has 0 spiro atoms. The van der Waals surface area contributed by atoms with Crippen LogP contribution in [0.25, 0.3) is 10.9 Å². The summed E-state index contributed by atoms with van der Waals surface area (Å²) in [6, 6.07) is 6.91. The average Bonchev–Trinajstić information content (AvgIpc) is 3.59. The third-order valence-electron chi connectivity index (χ3n) is 8.52. The maximum absolute atomic E-state index is 14.6. The summed E-state index contributed by atoms with van der Waals surface area (Å²) in [5.41, 5.74) is 1.66. The molecular formula is C34H47ClN8O4. The number of hydrogen-bond donors (Lipinski definition) is 4. The molecule has 0 saturated carbocycles. The van der Waals surface area contributed by atoms with Crippen LogP contribution in [0.2, 0.25) is 5.02 Å². The van der Waals surface area contributed by atoms with Crippen LogP contribution in [0, 0.1) is 5.41 Å².